The summed E-state index contributed by atoms with van der Waals surface area (Å²) in [4.78, 5) is 0. The summed E-state index contributed by atoms with van der Waals surface area (Å²) in [6.07, 6.45) is 0.861. The normalized spacial score (nSPS) is 14.2. The van der Waals surface area contributed by atoms with Crippen LogP contribution in [0.1, 0.15) is 20.3 Å². The SMILES string of the molecule is CCC(C)(CO)CNc1ccc(F)cc1OC. The van der Waals surface area contributed by atoms with Crippen molar-refractivity contribution in [2.24, 2.45) is 5.41 Å². The van der Waals surface area contributed by atoms with Gasteiger partial charge >= 0.3 is 0 Å². The van der Waals surface area contributed by atoms with Crippen LogP contribution in [-0.2, 0) is 0 Å². The lowest BCUT2D eigenvalue weighted by molar-refractivity contribution is 0.149. The van der Waals surface area contributed by atoms with Crippen LogP contribution >= 0.6 is 0 Å². The average Bonchev–Trinajstić information content (AvgIpc) is 2.36. The van der Waals surface area contributed by atoms with Gasteiger partial charge in [0.25, 0.3) is 0 Å². The second-order valence-electron chi connectivity index (χ2n) is 4.52. The largest absolute Gasteiger partial charge is 0.494 e. The van der Waals surface area contributed by atoms with E-state index in [2.05, 4.69) is 5.32 Å². The van der Waals surface area contributed by atoms with Crippen molar-refractivity contribution in [3.8, 4) is 5.75 Å². The van der Waals surface area contributed by atoms with Crippen LogP contribution < -0.4 is 10.1 Å². The van der Waals surface area contributed by atoms with Gasteiger partial charge in [0.05, 0.1) is 19.4 Å². The number of hydrogen-bond acceptors (Lipinski definition) is 3. The molecule has 0 aliphatic carbocycles. The fraction of sp³-hybridized carbons (Fsp3) is 0.538. The number of rotatable bonds is 6. The van der Waals surface area contributed by atoms with Crippen LogP contribution in [0.2, 0.25) is 0 Å². The van der Waals surface area contributed by atoms with Crippen LogP contribution in [0.25, 0.3) is 0 Å². The van der Waals surface area contributed by atoms with Crippen molar-refractivity contribution in [1.29, 1.82) is 0 Å². The van der Waals surface area contributed by atoms with Crippen molar-refractivity contribution >= 4 is 5.69 Å². The van der Waals surface area contributed by atoms with Gasteiger partial charge in [-0.1, -0.05) is 13.8 Å². The smallest absolute Gasteiger partial charge is 0.144 e. The fourth-order valence-electron chi connectivity index (χ4n) is 1.41. The molecule has 3 nitrogen and oxygen atoms in total. The summed E-state index contributed by atoms with van der Waals surface area (Å²) >= 11 is 0. The van der Waals surface area contributed by atoms with E-state index in [0.717, 1.165) is 12.1 Å². The van der Waals surface area contributed by atoms with Gasteiger partial charge < -0.3 is 15.2 Å². The van der Waals surface area contributed by atoms with Gasteiger partial charge in [-0.2, -0.15) is 0 Å². The Balaban J connectivity index is 2.75. The zero-order valence-corrected chi connectivity index (χ0v) is 10.6. The van der Waals surface area contributed by atoms with Crippen molar-refractivity contribution in [2.75, 3.05) is 25.6 Å². The molecule has 0 spiro atoms. The first kappa shape index (κ1) is 13.8. The van der Waals surface area contributed by atoms with E-state index in [1.807, 2.05) is 13.8 Å². The molecule has 0 aliphatic heterocycles. The summed E-state index contributed by atoms with van der Waals surface area (Å²) in [5.74, 6) is 0.147. The number of ether oxygens (including phenoxy) is 1. The van der Waals surface area contributed by atoms with E-state index >= 15 is 0 Å². The Bertz CT molecular complexity index is 364. The molecule has 0 heterocycles. The van der Waals surface area contributed by atoms with Gasteiger partial charge in [-0.3, -0.25) is 0 Å². The number of benzene rings is 1. The summed E-state index contributed by atoms with van der Waals surface area (Å²) in [5.41, 5.74) is 0.557. The van der Waals surface area contributed by atoms with Gasteiger partial charge in [-0.15, -0.1) is 0 Å². The first-order valence-electron chi connectivity index (χ1n) is 5.73. The molecule has 0 bridgehead atoms. The third-order valence-electron chi connectivity index (χ3n) is 3.10. The Hall–Kier alpha value is -1.29. The van der Waals surface area contributed by atoms with Crippen LogP contribution in [-0.4, -0.2) is 25.4 Å². The number of aliphatic hydroxyl groups excluding tert-OH is 1. The van der Waals surface area contributed by atoms with Crippen LogP contribution in [0.3, 0.4) is 0 Å². The second-order valence-corrected chi connectivity index (χ2v) is 4.52. The highest BCUT2D eigenvalue weighted by Gasteiger charge is 2.21. The molecule has 0 radical (unpaired) electrons. The summed E-state index contributed by atoms with van der Waals surface area (Å²) in [6.45, 7) is 4.75. The van der Waals surface area contributed by atoms with Crippen LogP contribution in [0, 0.1) is 11.2 Å². The van der Waals surface area contributed by atoms with Crippen LogP contribution in [0.15, 0.2) is 18.2 Å². The van der Waals surface area contributed by atoms with Crippen molar-refractivity contribution in [3.05, 3.63) is 24.0 Å². The molecule has 4 heteroatoms. The number of anilines is 1. The summed E-state index contributed by atoms with van der Waals surface area (Å²) in [7, 11) is 1.50. The van der Waals surface area contributed by atoms with Gasteiger partial charge in [0, 0.05) is 18.0 Å². The first-order valence-corrected chi connectivity index (χ1v) is 5.73. The lowest BCUT2D eigenvalue weighted by Gasteiger charge is -2.26. The third kappa shape index (κ3) is 3.60. The van der Waals surface area contributed by atoms with Crippen molar-refractivity contribution in [1.82, 2.24) is 0 Å². The predicted molar refractivity (Wildman–Crippen MR) is 66.9 cm³/mol. The van der Waals surface area contributed by atoms with E-state index in [-0.39, 0.29) is 17.8 Å². The summed E-state index contributed by atoms with van der Waals surface area (Å²) in [6, 6.07) is 4.36. The highest BCUT2D eigenvalue weighted by atomic mass is 19.1. The lowest BCUT2D eigenvalue weighted by atomic mass is 9.88. The molecule has 1 rings (SSSR count). The third-order valence-corrected chi connectivity index (χ3v) is 3.10. The second kappa shape index (κ2) is 5.87. The maximum Gasteiger partial charge on any atom is 0.144 e. The standard InChI is InChI=1S/C13H20FNO2/c1-4-13(2,9-16)8-15-11-6-5-10(14)7-12(11)17-3/h5-7,15-16H,4,8-9H2,1-3H3. The summed E-state index contributed by atoms with van der Waals surface area (Å²) < 4.78 is 18.1. The molecule has 1 unspecified atom stereocenters. The van der Waals surface area contributed by atoms with Gasteiger partial charge in [0.2, 0.25) is 0 Å². The van der Waals surface area contributed by atoms with E-state index in [4.69, 9.17) is 4.74 Å². The van der Waals surface area contributed by atoms with E-state index in [9.17, 15) is 9.50 Å². The molecule has 0 fully saturated rings. The molecule has 0 aliphatic rings. The molecule has 2 N–H and O–H groups in total. The van der Waals surface area contributed by atoms with E-state index in [1.54, 1.807) is 6.07 Å². The van der Waals surface area contributed by atoms with E-state index in [1.165, 1.54) is 19.2 Å². The fourth-order valence-corrected chi connectivity index (χ4v) is 1.41. The van der Waals surface area contributed by atoms with Gasteiger partial charge in [-0.25, -0.2) is 4.39 Å². The first-order chi connectivity index (χ1) is 8.04. The van der Waals surface area contributed by atoms with Crippen molar-refractivity contribution in [2.45, 2.75) is 20.3 Å². The molecule has 1 aromatic carbocycles. The van der Waals surface area contributed by atoms with Gasteiger partial charge in [0.15, 0.2) is 0 Å². The molecule has 96 valence electrons. The van der Waals surface area contributed by atoms with E-state index in [0.29, 0.717) is 12.3 Å². The molecule has 17 heavy (non-hydrogen) atoms. The Kier molecular flexibility index (Phi) is 4.75. The minimum absolute atomic E-state index is 0.111. The molecule has 0 amide bonds. The van der Waals surface area contributed by atoms with Crippen LogP contribution in [0.5, 0.6) is 5.75 Å². The van der Waals surface area contributed by atoms with E-state index < -0.39 is 0 Å². The summed E-state index contributed by atoms with van der Waals surface area (Å²) in [5, 5.41) is 12.5. The number of halogens is 1. The highest BCUT2D eigenvalue weighted by molar-refractivity contribution is 5.56. The van der Waals surface area contributed by atoms with Crippen molar-refractivity contribution < 1.29 is 14.2 Å². The van der Waals surface area contributed by atoms with Gasteiger partial charge in [-0.05, 0) is 18.6 Å². The minimum atomic E-state index is -0.326. The molecule has 0 aromatic heterocycles. The topological polar surface area (TPSA) is 41.5 Å². The monoisotopic (exact) mass is 241 g/mol. The number of hydrogen-bond donors (Lipinski definition) is 2. The predicted octanol–water partition coefficient (Wildman–Crippen LogP) is 2.65. The Labute approximate surface area is 102 Å². The molecule has 1 aromatic rings. The zero-order valence-electron chi connectivity index (χ0n) is 10.6. The lowest BCUT2D eigenvalue weighted by Crippen LogP contribution is -2.29. The minimum Gasteiger partial charge on any atom is -0.494 e. The number of methoxy groups -OCH3 is 1. The van der Waals surface area contributed by atoms with Crippen LogP contribution in [0.4, 0.5) is 10.1 Å². The Morgan fingerprint density at radius 2 is 2.18 bits per heavy atom. The molecular weight excluding hydrogens is 221 g/mol. The molecule has 0 saturated carbocycles. The maximum atomic E-state index is 13.0. The quantitative estimate of drug-likeness (QED) is 0.804. The number of nitrogens with one attached hydrogen (secondary N) is 1. The molecule has 1 atom stereocenters. The number of aliphatic hydroxyl groups is 1. The van der Waals surface area contributed by atoms with Crippen molar-refractivity contribution in [3.63, 3.8) is 0 Å². The Morgan fingerprint density at radius 3 is 2.71 bits per heavy atom. The highest BCUT2D eigenvalue weighted by Crippen LogP contribution is 2.27. The van der Waals surface area contributed by atoms with Gasteiger partial charge in [0.1, 0.15) is 11.6 Å². The Morgan fingerprint density at radius 1 is 1.47 bits per heavy atom. The average molecular weight is 241 g/mol. The maximum absolute atomic E-state index is 13.0. The molecular formula is C13H20FNO2. The zero-order chi connectivity index (χ0) is 12.9. The molecule has 0 saturated heterocycles.